The van der Waals surface area contributed by atoms with E-state index in [4.69, 9.17) is 9.47 Å². The molecule has 0 aromatic heterocycles. The van der Waals surface area contributed by atoms with Crippen LogP contribution < -0.4 is 10.1 Å². The molecule has 2 rings (SSSR count). The van der Waals surface area contributed by atoms with E-state index in [9.17, 15) is 5.11 Å². The van der Waals surface area contributed by atoms with Crippen LogP contribution in [0.2, 0.25) is 0 Å². The fourth-order valence-corrected chi connectivity index (χ4v) is 2.86. The molecule has 1 aromatic carbocycles. The molecule has 0 bridgehead atoms. The van der Waals surface area contributed by atoms with Crippen molar-refractivity contribution < 1.29 is 14.6 Å². The minimum Gasteiger partial charge on any atom is -0.507 e. The zero-order valence-electron chi connectivity index (χ0n) is 13.1. The summed E-state index contributed by atoms with van der Waals surface area (Å²) in [6.45, 7) is 3.57. The van der Waals surface area contributed by atoms with E-state index in [0.717, 1.165) is 18.7 Å². The number of nitrogens with one attached hydrogen (secondary N) is 1. The summed E-state index contributed by atoms with van der Waals surface area (Å²) < 4.78 is 11.0. The van der Waals surface area contributed by atoms with Crippen LogP contribution in [0.5, 0.6) is 11.5 Å². The molecule has 4 heteroatoms. The van der Waals surface area contributed by atoms with Crippen molar-refractivity contribution in [2.75, 3.05) is 20.3 Å². The maximum atomic E-state index is 10.0. The van der Waals surface area contributed by atoms with Crippen LogP contribution >= 0.6 is 0 Å². The lowest BCUT2D eigenvalue weighted by atomic mass is 9.98. The summed E-state index contributed by atoms with van der Waals surface area (Å²) in [5, 5.41) is 13.4. The van der Waals surface area contributed by atoms with Crippen LogP contribution in [-0.4, -0.2) is 31.5 Å². The minimum absolute atomic E-state index is 0.0888. The maximum Gasteiger partial charge on any atom is 0.124 e. The number of ether oxygens (including phenoxy) is 2. The molecule has 118 valence electrons. The highest BCUT2D eigenvalue weighted by Crippen LogP contribution is 2.28. The largest absolute Gasteiger partial charge is 0.507 e. The summed E-state index contributed by atoms with van der Waals surface area (Å²) in [6.07, 6.45) is 6.81. The molecule has 1 saturated carbocycles. The first kappa shape index (κ1) is 16.1. The Morgan fingerprint density at radius 1 is 1.29 bits per heavy atom. The van der Waals surface area contributed by atoms with Crippen LogP contribution in [0.25, 0.3) is 0 Å². The molecule has 1 aromatic rings. The second-order valence-corrected chi connectivity index (χ2v) is 5.73. The molecule has 0 saturated heterocycles. The predicted molar refractivity (Wildman–Crippen MR) is 83.9 cm³/mol. The van der Waals surface area contributed by atoms with Crippen LogP contribution in [0.1, 0.15) is 50.6 Å². The van der Waals surface area contributed by atoms with E-state index in [1.54, 1.807) is 13.2 Å². The van der Waals surface area contributed by atoms with Gasteiger partial charge in [-0.25, -0.2) is 0 Å². The van der Waals surface area contributed by atoms with E-state index < -0.39 is 0 Å². The smallest absolute Gasteiger partial charge is 0.124 e. The molecule has 1 aliphatic rings. The lowest BCUT2D eigenvalue weighted by Crippen LogP contribution is -2.26. The van der Waals surface area contributed by atoms with Gasteiger partial charge >= 0.3 is 0 Å². The van der Waals surface area contributed by atoms with Crippen LogP contribution in [0.3, 0.4) is 0 Å². The number of hydrogen-bond acceptors (Lipinski definition) is 4. The molecule has 0 amide bonds. The third-order valence-corrected chi connectivity index (χ3v) is 4.16. The highest BCUT2D eigenvalue weighted by atomic mass is 16.5. The fraction of sp³-hybridized carbons (Fsp3) is 0.647. The number of benzene rings is 1. The maximum absolute atomic E-state index is 10.0. The van der Waals surface area contributed by atoms with Crippen molar-refractivity contribution in [1.82, 2.24) is 5.32 Å². The summed E-state index contributed by atoms with van der Waals surface area (Å²) in [4.78, 5) is 0. The second kappa shape index (κ2) is 8.25. The molecule has 0 heterocycles. The Bertz CT molecular complexity index is 430. The van der Waals surface area contributed by atoms with Crippen molar-refractivity contribution in [1.29, 1.82) is 0 Å². The standard InChI is InChI=1S/C17H27NO3/c1-13(16-9-8-15(20-2)12-17(16)19)18-10-11-21-14-6-4-3-5-7-14/h8-9,12-14,18-19H,3-7,10-11H2,1-2H3. The Balaban J connectivity index is 1.72. The Hall–Kier alpha value is -1.26. The molecule has 0 radical (unpaired) electrons. The highest BCUT2D eigenvalue weighted by molar-refractivity contribution is 5.41. The van der Waals surface area contributed by atoms with Crippen molar-refractivity contribution in [2.24, 2.45) is 0 Å². The zero-order chi connectivity index (χ0) is 15.1. The molecule has 1 atom stereocenters. The van der Waals surface area contributed by atoms with Crippen molar-refractivity contribution in [2.45, 2.75) is 51.2 Å². The number of phenols is 1. The first-order chi connectivity index (χ1) is 10.2. The number of hydrogen-bond donors (Lipinski definition) is 2. The van der Waals surface area contributed by atoms with Gasteiger partial charge in [-0.15, -0.1) is 0 Å². The van der Waals surface area contributed by atoms with Crippen molar-refractivity contribution in [3.8, 4) is 11.5 Å². The third kappa shape index (κ3) is 4.90. The molecular formula is C17H27NO3. The summed E-state index contributed by atoms with van der Waals surface area (Å²) >= 11 is 0. The van der Waals surface area contributed by atoms with Gasteiger partial charge in [-0.3, -0.25) is 0 Å². The number of aromatic hydroxyl groups is 1. The number of rotatable bonds is 7. The molecule has 2 N–H and O–H groups in total. The Morgan fingerprint density at radius 3 is 2.71 bits per heavy atom. The lowest BCUT2D eigenvalue weighted by Gasteiger charge is -2.23. The number of methoxy groups -OCH3 is 1. The SMILES string of the molecule is COc1ccc(C(C)NCCOC2CCCCC2)c(O)c1. The average molecular weight is 293 g/mol. The highest BCUT2D eigenvalue weighted by Gasteiger charge is 2.14. The van der Waals surface area contributed by atoms with E-state index in [1.807, 2.05) is 19.1 Å². The van der Waals surface area contributed by atoms with E-state index in [1.165, 1.54) is 32.1 Å². The van der Waals surface area contributed by atoms with Crippen LogP contribution in [0.4, 0.5) is 0 Å². The summed E-state index contributed by atoms with van der Waals surface area (Å²) in [7, 11) is 1.60. The molecule has 1 fully saturated rings. The Kier molecular flexibility index (Phi) is 6.33. The van der Waals surface area contributed by atoms with Crippen molar-refractivity contribution >= 4 is 0 Å². The molecule has 1 aliphatic carbocycles. The van der Waals surface area contributed by atoms with Gasteiger partial charge in [0.05, 0.1) is 19.8 Å². The lowest BCUT2D eigenvalue weighted by molar-refractivity contribution is 0.0295. The van der Waals surface area contributed by atoms with E-state index in [2.05, 4.69) is 5.32 Å². The van der Waals surface area contributed by atoms with Gasteiger partial charge in [-0.2, -0.15) is 0 Å². The minimum atomic E-state index is 0.0888. The third-order valence-electron chi connectivity index (χ3n) is 4.16. The first-order valence-corrected chi connectivity index (χ1v) is 7.92. The van der Waals surface area contributed by atoms with Crippen LogP contribution in [0.15, 0.2) is 18.2 Å². The predicted octanol–water partition coefficient (Wildman–Crippen LogP) is 3.40. The van der Waals surface area contributed by atoms with E-state index in [-0.39, 0.29) is 11.8 Å². The van der Waals surface area contributed by atoms with Crippen LogP contribution in [-0.2, 0) is 4.74 Å². The summed E-state index contributed by atoms with van der Waals surface area (Å²) in [5.41, 5.74) is 0.883. The van der Waals surface area contributed by atoms with Gasteiger partial charge in [-0.05, 0) is 25.8 Å². The van der Waals surface area contributed by atoms with Crippen LogP contribution in [0, 0.1) is 0 Å². The normalized spacial score (nSPS) is 17.6. The monoisotopic (exact) mass is 293 g/mol. The molecule has 0 spiro atoms. The zero-order valence-corrected chi connectivity index (χ0v) is 13.1. The average Bonchev–Trinajstić information content (AvgIpc) is 2.52. The second-order valence-electron chi connectivity index (χ2n) is 5.73. The molecular weight excluding hydrogens is 266 g/mol. The van der Waals surface area contributed by atoms with Gasteiger partial charge < -0.3 is 19.9 Å². The van der Waals surface area contributed by atoms with Gasteiger partial charge in [0, 0.05) is 24.2 Å². The van der Waals surface area contributed by atoms with Gasteiger partial charge in [-0.1, -0.05) is 25.3 Å². The quantitative estimate of drug-likeness (QED) is 0.757. The van der Waals surface area contributed by atoms with Crippen molar-refractivity contribution in [3.05, 3.63) is 23.8 Å². The van der Waals surface area contributed by atoms with Gasteiger partial charge in [0.25, 0.3) is 0 Å². The van der Waals surface area contributed by atoms with Crippen molar-refractivity contribution in [3.63, 3.8) is 0 Å². The fourth-order valence-electron chi connectivity index (χ4n) is 2.86. The molecule has 4 nitrogen and oxygen atoms in total. The number of phenolic OH excluding ortho intramolecular Hbond substituents is 1. The molecule has 1 unspecified atom stereocenters. The van der Waals surface area contributed by atoms with E-state index in [0.29, 0.717) is 11.9 Å². The molecule has 21 heavy (non-hydrogen) atoms. The van der Waals surface area contributed by atoms with Gasteiger partial charge in [0.15, 0.2) is 0 Å². The topological polar surface area (TPSA) is 50.7 Å². The first-order valence-electron chi connectivity index (χ1n) is 7.92. The summed E-state index contributed by atoms with van der Waals surface area (Å²) in [5.74, 6) is 0.937. The molecule has 0 aliphatic heterocycles. The summed E-state index contributed by atoms with van der Waals surface area (Å²) in [6, 6.07) is 5.50. The van der Waals surface area contributed by atoms with Gasteiger partial charge in [0.1, 0.15) is 11.5 Å². The Labute approximate surface area is 127 Å². The van der Waals surface area contributed by atoms with Gasteiger partial charge in [0.2, 0.25) is 0 Å². The van der Waals surface area contributed by atoms with E-state index >= 15 is 0 Å². The Morgan fingerprint density at radius 2 is 2.05 bits per heavy atom.